The molecule has 0 aromatic heterocycles. The number of nitriles is 1. The van der Waals surface area contributed by atoms with Gasteiger partial charge in [-0.2, -0.15) is 5.26 Å². The Bertz CT molecular complexity index is 376. The van der Waals surface area contributed by atoms with E-state index < -0.39 is 0 Å². The largest absolute Gasteiger partial charge is 0.396 e. The zero-order chi connectivity index (χ0) is 10.6. The van der Waals surface area contributed by atoms with E-state index in [9.17, 15) is 0 Å². The fourth-order valence-corrected chi connectivity index (χ4v) is 1.40. The highest BCUT2D eigenvalue weighted by Gasteiger charge is 2.11. The average Bonchev–Trinajstić information content (AvgIpc) is 2.26. The van der Waals surface area contributed by atoms with Gasteiger partial charge in [0.25, 0.3) is 0 Å². The van der Waals surface area contributed by atoms with E-state index in [1.807, 2.05) is 25.1 Å². The Kier molecular flexibility index (Phi) is 3.44. The highest BCUT2D eigenvalue weighted by atomic mass is 16.3. The molecule has 1 rings (SSSR count). The molecule has 0 fully saturated rings. The molecule has 1 aromatic rings. The number of aliphatic hydroxyl groups excluding tert-OH is 1. The van der Waals surface area contributed by atoms with E-state index in [4.69, 9.17) is 10.4 Å². The maximum atomic E-state index is 9.04. The van der Waals surface area contributed by atoms with Gasteiger partial charge in [-0.05, 0) is 11.1 Å². The summed E-state index contributed by atoms with van der Waals surface area (Å²) in [5, 5.41) is 18.0. The number of hydrogen-bond donors (Lipinski definition) is 1. The fourth-order valence-electron chi connectivity index (χ4n) is 1.40. The van der Waals surface area contributed by atoms with E-state index in [0.29, 0.717) is 5.56 Å². The lowest BCUT2D eigenvalue weighted by atomic mass is 9.93. The van der Waals surface area contributed by atoms with E-state index in [-0.39, 0.29) is 12.5 Å². The van der Waals surface area contributed by atoms with Crippen LogP contribution in [-0.2, 0) is 0 Å². The second-order valence-corrected chi connectivity index (χ2v) is 3.21. The summed E-state index contributed by atoms with van der Waals surface area (Å²) in [5.74, 6) is -0.00968. The molecule has 72 valence electrons. The van der Waals surface area contributed by atoms with E-state index in [1.165, 1.54) is 0 Å². The van der Waals surface area contributed by atoms with E-state index in [2.05, 4.69) is 12.6 Å². The molecule has 0 aliphatic rings. The van der Waals surface area contributed by atoms with Crippen LogP contribution in [0.15, 0.2) is 24.8 Å². The van der Waals surface area contributed by atoms with Crippen LogP contribution in [0.5, 0.6) is 0 Å². The van der Waals surface area contributed by atoms with Crippen molar-refractivity contribution in [1.29, 1.82) is 5.26 Å². The Hall–Kier alpha value is -1.59. The molecule has 2 heteroatoms. The molecule has 0 bridgehead atoms. The van der Waals surface area contributed by atoms with Gasteiger partial charge in [0, 0.05) is 12.5 Å². The van der Waals surface area contributed by atoms with Crippen molar-refractivity contribution < 1.29 is 5.11 Å². The van der Waals surface area contributed by atoms with Crippen LogP contribution in [0.3, 0.4) is 0 Å². The molecule has 0 radical (unpaired) electrons. The van der Waals surface area contributed by atoms with Crippen LogP contribution in [0.1, 0.15) is 29.5 Å². The molecule has 0 saturated heterocycles. The highest BCUT2D eigenvalue weighted by molar-refractivity contribution is 5.59. The molecule has 1 unspecified atom stereocenters. The molecule has 0 aliphatic carbocycles. The molecule has 0 aliphatic heterocycles. The van der Waals surface area contributed by atoms with Crippen LogP contribution in [0.25, 0.3) is 6.08 Å². The fraction of sp³-hybridized carbons (Fsp3) is 0.250. The Morgan fingerprint density at radius 2 is 2.36 bits per heavy atom. The molecule has 0 amide bonds. The van der Waals surface area contributed by atoms with Crippen LogP contribution in [-0.4, -0.2) is 11.7 Å². The predicted octanol–water partition coefficient (Wildman–Crippen LogP) is 2.30. The molecule has 0 heterocycles. The Morgan fingerprint density at radius 1 is 1.64 bits per heavy atom. The first-order valence-corrected chi connectivity index (χ1v) is 4.51. The first-order valence-electron chi connectivity index (χ1n) is 4.51. The second-order valence-electron chi connectivity index (χ2n) is 3.21. The van der Waals surface area contributed by atoms with Crippen LogP contribution >= 0.6 is 0 Å². The Balaban J connectivity index is 3.30. The van der Waals surface area contributed by atoms with Crippen LogP contribution in [0, 0.1) is 11.3 Å². The lowest BCUT2D eigenvalue weighted by Gasteiger charge is -2.11. The van der Waals surface area contributed by atoms with E-state index in [0.717, 1.165) is 11.1 Å². The molecule has 14 heavy (non-hydrogen) atoms. The van der Waals surface area contributed by atoms with Crippen LogP contribution in [0.2, 0.25) is 0 Å². The maximum Gasteiger partial charge on any atom is 0.100 e. The van der Waals surface area contributed by atoms with Crippen molar-refractivity contribution in [2.24, 2.45) is 0 Å². The van der Waals surface area contributed by atoms with Gasteiger partial charge in [-0.25, -0.2) is 0 Å². The van der Waals surface area contributed by atoms with Crippen molar-refractivity contribution in [3.8, 4) is 6.07 Å². The number of rotatable bonds is 3. The lowest BCUT2D eigenvalue weighted by Crippen LogP contribution is -2.02. The van der Waals surface area contributed by atoms with Crippen molar-refractivity contribution in [3.05, 3.63) is 41.5 Å². The standard InChI is InChI=1S/C12H13NO/c1-3-10-5-4-6-11(9(2)8-14)12(10)7-13/h3-6,9,14H,1,8H2,2H3. The van der Waals surface area contributed by atoms with Crippen LogP contribution in [0.4, 0.5) is 0 Å². The van der Waals surface area contributed by atoms with Gasteiger partial charge in [0.2, 0.25) is 0 Å². The molecule has 0 spiro atoms. The summed E-state index contributed by atoms with van der Waals surface area (Å²) in [4.78, 5) is 0. The van der Waals surface area contributed by atoms with Crippen molar-refractivity contribution in [2.75, 3.05) is 6.61 Å². The summed E-state index contributed by atoms with van der Waals surface area (Å²) in [5.41, 5.74) is 2.32. The van der Waals surface area contributed by atoms with Gasteiger partial charge in [0.1, 0.15) is 6.07 Å². The van der Waals surface area contributed by atoms with E-state index >= 15 is 0 Å². The Labute approximate surface area is 84.1 Å². The van der Waals surface area contributed by atoms with Crippen molar-refractivity contribution in [3.63, 3.8) is 0 Å². The maximum absolute atomic E-state index is 9.04. The summed E-state index contributed by atoms with van der Waals surface area (Å²) in [6.07, 6.45) is 1.66. The van der Waals surface area contributed by atoms with Gasteiger partial charge in [-0.1, -0.05) is 37.8 Å². The molecular formula is C12H13NO. The summed E-state index contributed by atoms with van der Waals surface area (Å²) >= 11 is 0. The third kappa shape index (κ3) is 1.84. The SMILES string of the molecule is C=Cc1cccc(C(C)CO)c1C#N. The molecule has 2 nitrogen and oxygen atoms in total. The smallest absolute Gasteiger partial charge is 0.100 e. The summed E-state index contributed by atoms with van der Waals surface area (Å²) < 4.78 is 0. The second kappa shape index (κ2) is 4.59. The molecule has 1 atom stereocenters. The van der Waals surface area contributed by atoms with Crippen molar-refractivity contribution in [1.82, 2.24) is 0 Å². The lowest BCUT2D eigenvalue weighted by molar-refractivity contribution is 0.273. The van der Waals surface area contributed by atoms with Gasteiger partial charge in [0.05, 0.1) is 5.56 Å². The minimum Gasteiger partial charge on any atom is -0.396 e. The van der Waals surface area contributed by atoms with Crippen LogP contribution < -0.4 is 0 Å². The zero-order valence-electron chi connectivity index (χ0n) is 8.20. The minimum atomic E-state index is -0.00968. The van der Waals surface area contributed by atoms with Gasteiger partial charge < -0.3 is 5.11 Å². The third-order valence-corrected chi connectivity index (χ3v) is 2.27. The third-order valence-electron chi connectivity index (χ3n) is 2.27. The number of nitrogens with zero attached hydrogens (tertiary/aromatic N) is 1. The average molecular weight is 187 g/mol. The summed E-state index contributed by atoms with van der Waals surface area (Å²) in [6, 6.07) is 7.74. The van der Waals surface area contributed by atoms with E-state index in [1.54, 1.807) is 6.08 Å². The monoisotopic (exact) mass is 187 g/mol. The first kappa shape index (κ1) is 10.5. The topological polar surface area (TPSA) is 44.0 Å². The summed E-state index contributed by atoms with van der Waals surface area (Å²) in [6.45, 7) is 5.59. The van der Waals surface area contributed by atoms with Gasteiger partial charge in [-0.3, -0.25) is 0 Å². The number of hydrogen-bond acceptors (Lipinski definition) is 2. The number of benzene rings is 1. The van der Waals surface area contributed by atoms with Gasteiger partial charge >= 0.3 is 0 Å². The molecular weight excluding hydrogens is 174 g/mol. The zero-order valence-corrected chi connectivity index (χ0v) is 8.20. The minimum absolute atomic E-state index is 0.00968. The van der Waals surface area contributed by atoms with Gasteiger partial charge in [-0.15, -0.1) is 0 Å². The quantitative estimate of drug-likeness (QED) is 0.789. The van der Waals surface area contributed by atoms with Crippen molar-refractivity contribution >= 4 is 6.08 Å². The Morgan fingerprint density at radius 3 is 2.86 bits per heavy atom. The molecule has 1 aromatic carbocycles. The first-order chi connectivity index (χ1) is 6.74. The normalized spacial score (nSPS) is 11.8. The molecule has 0 saturated carbocycles. The van der Waals surface area contributed by atoms with Crippen molar-refractivity contribution in [2.45, 2.75) is 12.8 Å². The molecule has 1 N–H and O–H groups in total. The summed E-state index contributed by atoms with van der Waals surface area (Å²) in [7, 11) is 0. The van der Waals surface area contributed by atoms with Gasteiger partial charge in [0.15, 0.2) is 0 Å². The highest BCUT2D eigenvalue weighted by Crippen LogP contribution is 2.22. The number of aliphatic hydroxyl groups is 1. The predicted molar refractivity (Wildman–Crippen MR) is 56.7 cm³/mol.